The number of fused-ring (bicyclic) bond motifs is 5. The van der Waals surface area contributed by atoms with Gasteiger partial charge in [0.15, 0.2) is 0 Å². The Hall–Kier alpha value is -2.50. The number of nitrogens with zero attached hydrogens (tertiary/aromatic N) is 2. The zero-order valence-corrected chi connectivity index (χ0v) is 14.2. The highest BCUT2D eigenvalue weighted by molar-refractivity contribution is 5.47. The SMILES string of the molecule is Cn1c2c(c(=O)n(C)c1=O)[C@@H]1COc3ccccc3[C@H]1C(C)(C)O2. The predicted molar refractivity (Wildman–Crippen MR) is 89.1 cm³/mol. The highest BCUT2D eigenvalue weighted by atomic mass is 16.5. The Morgan fingerprint density at radius 1 is 1.12 bits per heavy atom. The molecule has 2 aliphatic rings. The van der Waals surface area contributed by atoms with Gasteiger partial charge in [0.05, 0.1) is 12.2 Å². The van der Waals surface area contributed by atoms with E-state index in [2.05, 4.69) is 0 Å². The Morgan fingerprint density at radius 2 is 1.83 bits per heavy atom. The first-order chi connectivity index (χ1) is 11.3. The third-order valence-corrected chi connectivity index (χ3v) is 5.20. The van der Waals surface area contributed by atoms with Crippen LogP contribution in [0.1, 0.15) is 36.8 Å². The lowest BCUT2D eigenvalue weighted by Crippen LogP contribution is -2.52. The van der Waals surface area contributed by atoms with Crippen molar-refractivity contribution in [3.05, 3.63) is 56.2 Å². The standard InChI is InChI=1S/C18H20N2O4/c1-18(2)14-10-7-5-6-8-12(10)23-9-11(14)13-15(21)19(3)17(22)20(4)16(13)24-18/h5-8,11,14H,9H2,1-4H3/t11-,14+/m0/s1. The third kappa shape index (κ3) is 1.82. The normalized spacial score (nSPS) is 23.3. The van der Waals surface area contributed by atoms with Gasteiger partial charge >= 0.3 is 5.69 Å². The van der Waals surface area contributed by atoms with Crippen molar-refractivity contribution >= 4 is 0 Å². The van der Waals surface area contributed by atoms with Crippen LogP contribution < -0.4 is 20.7 Å². The number of aromatic nitrogens is 2. The van der Waals surface area contributed by atoms with E-state index in [1.807, 2.05) is 38.1 Å². The van der Waals surface area contributed by atoms with Crippen molar-refractivity contribution in [2.45, 2.75) is 31.3 Å². The molecule has 1 aromatic heterocycles. The average molecular weight is 328 g/mol. The van der Waals surface area contributed by atoms with Crippen LogP contribution in [0.5, 0.6) is 11.6 Å². The monoisotopic (exact) mass is 328 g/mol. The van der Waals surface area contributed by atoms with Crippen LogP contribution in [-0.2, 0) is 14.1 Å². The molecule has 0 saturated heterocycles. The molecule has 0 aliphatic carbocycles. The Bertz CT molecular complexity index is 954. The first-order valence-electron chi connectivity index (χ1n) is 8.03. The zero-order chi connectivity index (χ0) is 17.2. The van der Waals surface area contributed by atoms with Crippen molar-refractivity contribution < 1.29 is 9.47 Å². The molecular formula is C18H20N2O4. The Morgan fingerprint density at radius 3 is 2.58 bits per heavy atom. The summed E-state index contributed by atoms with van der Waals surface area (Å²) in [4.78, 5) is 25.0. The van der Waals surface area contributed by atoms with Gasteiger partial charge in [0.1, 0.15) is 11.4 Å². The van der Waals surface area contributed by atoms with Gasteiger partial charge in [-0.1, -0.05) is 18.2 Å². The fourth-order valence-corrected chi connectivity index (χ4v) is 4.08. The second-order valence-electron chi connectivity index (χ2n) is 7.06. The number of para-hydroxylation sites is 1. The van der Waals surface area contributed by atoms with Crippen molar-refractivity contribution in [1.29, 1.82) is 0 Å². The van der Waals surface area contributed by atoms with Gasteiger partial charge in [-0.05, 0) is 19.9 Å². The Kier molecular flexibility index (Phi) is 2.98. The highest BCUT2D eigenvalue weighted by Gasteiger charge is 2.50. The molecule has 2 aliphatic heterocycles. The molecule has 0 bridgehead atoms. The van der Waals surface area contributed by atoms with Crippen molar-refractivity contribution in [2.75, 3.05) is 6.61 Å². The predicted octanol–water partition coefficient (Wildman–Crippen LogP) is 1.51. The fourth-order valence-electron chi connectivity index (χ4n) is 4.08. The van der Waals surface area contributed by atoms with Crippen molar-refractivity contribution in [2.24, 2.45) is 14.1 Å². The Balaban J connectivity index is 2.03. The quantitative estimate of drug-likeness (QED) is 0.735. The van der Waals surface area contributed by atoms with Crippen LogP contribution in [0.15, 0.2) is 33.9 Å². The second-order valence-corrected chi connectivity index (χ2v) is 7.06. The van der Waals surface area contributed by atoms with E-state index < -0.39 is 5.60 Å². The minimum atomic E-state index is -0.561. The minimum Gasteiger partial charge on any atom is -0.493 e. The van der Waals surface area contributed by atoms with E-state index in [1.165, 1.54) is 11.6 Å². The maximum Gasteiger partial charge on any atom is 0.333 e. The van der Waals surface area contributed by atoms with Gasteiger partial charge in [-0.2, -0.15) is 0 Å². The summed E-state index contributed by atoms with van der Waals surface area (Å²) in [6.45, 7) is 4.39. The van der Waals surface area contributed by atoms with Crippen LogP contribution in [0.2, 0.25) is 0 Å². The van der Waals surface area contributed by atoms with E-state index >= 15 is 0 Å². The maximum absolute atomic E-state index is 12.8. The van der Waals surface area contributed by atoms with Crippen molar-refractivity contribution in [3.8, 4) is 11.6 Å². The summed E-state index contributed by atoms with van der Waals surface area (Å²) >= 11 is 0. The van der Waals surface area contributed by atoms with Crippen LogP contribution in [0.4, 0.5) is 0 Å². The van der Waals surface area contributed by atoms with Gasteiger partial charge < -0.3 is 9.47 Å². The van der Waals surface area contributed by atoms with Crippen LogP contribution in [-0.4, -0.2) is 21.3 Å². The number of rotatable bonds is 0. The largest absolute Gasteiger partial charge is 0.493 e. The van der Waals surface area contributed by atoms with Gasteiger partial charge in [-0.15, -0.1) is 0 Å². The van der Waals surface area contributed by atoms with E-state index in [1.54, 1.807) is 7.05 Å². The lowest BCUT2D eigenvalue weighted by Gasteiger charge is -2.47. The molecule has 0 fully saturated rings. The summed E-state index contributed by atoms with van der Waals surface area (Å²) in [5.41, 5.74) is 0.319. The minimum absolute atomic E-state index is 0.0137. The fraction of sp³-hybridized carbons (Fsp3) is 0.444. The third-order valence-electron chi connectivity index (χ3n) is 5.20. The molecule has 2 atom stereocenters. The number of hydrogen-bond donors (Lipinski definition) is 0. The summed E-state index contributed by atoms with van der Waals surface area (Å²) in [5.74, 6) is 1.03. The molecule has 0 saturated carbocycles. The van der Waals surface area contributed by atoms with E-state index in [9.17, 15) is 9.59 Å². The molecule has 2 aromatic rings. The first kappa shape index (κ1) is 15.1. The van der Waals surface area contributed by atoms with E-state index in [-0.39, 0.29) is 23.1 Å². The van der Waals surface area contributed by atoms with Crippen molar-refractivity contribution in [1.82, 2.24) is 9.13 Å². The first-order valence-corrected chi connectivity index (χ1v) is 8.03. The Labute approximate surface area is 139 Å². The molecule has 4 rings (SSSR count). The summed E-state index contributed by atoms with van der Waals surface area (Å²) < 4.78 is 14.7. The number of ether oxygens (including phenoxy) is 2. The molecule has 0 amide bonds. The summed E-state index contributed by atoms with van der Waals surface area (Å²) in [5, 5.41) is 0. The van der Waals surface area contributed by atoms with E-state index in [0.717, 1.165) is 15.9 Å². The summed E-state index contributed by atoms with van der Waals surface area (Å²) in [6, 6.07) is 7.87. The van der Waals surface area contributed by atoms with Gasteiger partial charge in [0.25, 0.3) is 5.56 Å². The summed E-state index contributed by atoms with van der Waals surface area (Å²) in [6.07, 6.45) is 0. The number of benzene rings is 1. The average Bonchev–Trinajstić information content (AvgIpc) is 2.56. The van der Waals surface area contributed by atoms with Crippen molar-refractivity contribution in [3.63, 3.8) is 0 Å². The van der Waals surface area contributed by atoms with Crippen LogP contribution in [0, 0.1) is 0 Å². The number of hydrogen-bond acceptors (Lipinski definition) is 4. The van der Waals surface area contributed by atoms with Gasteiger partial charge in [0.2, 0.25) is 5.88 Å². The molecule has 3 heterocycles. The smallest absolute Gasteiger partial charge is 0.333 e. The van der Waals surface area contributed by atoms with Gasteiger partial charge in [0, 0.05) is 31.5 Å². The summed E-state index contributed by atoms with van der Waals surface area (Å²) in [7, 11) is 3.13. The second kappa shape index (κ2) is 4.75. The zero-order valence-electron chi connectivity index (χ0n) is 14.2. The molecular weight excluding hydrogens is 308 g/mol. The molecule has 6 nitrogen and oxygen atoms in total. The topological polar surface area (TPSA) is 62.5 Å². The van der Waals surface area contributed by atoms with Gasteiger partial charge in [-0.3, -0.25) is 13.9 Å². The lowest BCUT2D eigenvalue weighted by atomic mass is 9.70. The van der Waals surface area contributed by atoms with Crippen LogP contribution in [0.25, 0.3) is 0 Å². The molecule has 0 radical (unpaired) electrons. The van der Waals surface area contributed by atoms with Gasteiger partial charge in [-0.25, -0.2) is 4.79 Å². The molecule has 126 valence electrons. The molecule has 6 heteroatoms. The maximum atomic E-state index is 12.8. The molecule has 1 aromatic carbocycles. The lowest BCUT2D eigenvalue weighted by molar-refractivity contribution is 0.0165. The highest BCUT2D eigenvalue weighted by Crippen LogP contribution is 2.52. The van der Waals surface area contributed by atoms with E-state index in [0.29, 0.717) is 18.1 Å². The molecule has 24 heavy (non-hydrogen) atoms. The van der Waals surface area contributed by atoms with E-state index in [4.69, 9.17) is 9.47 Å². The molecule has 0 N–H and O–H groups in total. The molecule has 0 spiro atoms. The van der Waals surface area contributed by atoms with Crippen LogP contribution in [0.3, 0.4) is 0 Å². The molecule has 0 unspecified atom stereocenters. The van der Waals surface area contributed by atoms with Crippen LogP contribution >= 0.6 is 0 Å².